The zero-order valence-electron chi connectivity index (χ0n) is 18.4. The van der Waals surface area contributed by atoms with E-state index in [1.807, 2.05) is 13.0 Å². The molecule has 0 aromatic heterocycles. The van der Waals surface area contributed by atoms with Crippen LogP contribution in [0.15, 0.2) is 59.4 Å². The summed E-state index contributed by atoms with van der Waals surface area (Å²) < 4.78 is 13.0. The maximum Gasteiger partial charge on any atom is 0.273 e. The van der Waals surface area contributed by atoms with Gasteiger partial charge in [0.05, 0.1) is 12.6 Å². The van der Waals surface area contributed by atoms with E-state index < -0.39 is 17.8 Å². The van der Waals surface area contributed by atoms with Crippen molar-refractivity contribution in [1.29, 1.82) is 0 Å². The van der Waals surface area contributed by atoms with Crippen LogP contribution in [0.2, 0.25) is 0 Å². The van der Waals surface area contributed by atoms with Crippen molar-refractivity contribution in [2.45, 2.75) is 26.5 Å². The Hall–Kier alpha value is -3.56. The summed E-state index contributed by atoms with van der Waals surface area (Å²) in [5.74, 6) is -1.16. The van der Waals surface area contributed by atoms with Crippen molar-refractivity contribution >= 4 is 17.4 Å². The number of hydrogen-bond acceptors (Lipinski definition) is 7. The fraction of sp³-hybridized carbons (Fsp3) is 0.261. The number of hydroxylamine groups is 1. The zero-order valence-corrected chi connectivity index (χ0v) is 18.4. The Balaban J connectivity index is 2.09. The summed E-state index contributed by atoms with van der Waals surface area (Å²) in [7, 11) is 2.87. The molecule has 2 aromatic rings. The molecule has 4 N–H and O–H groups in total. The lowest BCUT2D eigenvalue weighted by atomic mass is 9.98. The van der Waals surface area contributed by atoms with Crippen LogP contribution < -0.4 is 16.5 Å². The number of benzene rings is 2. The highest BCUT2D eigenvalue weighted by molar-refractivity contribution is 6.45. The second-order valence-corrected chi connectivity index (χ2v) is 6.95. The van der Waals surface area contributed by atoms with Crippen molar-refractivity contribution in [2.24, 2.45) is 10.9 Å². The van der Waals surface area contributed by atoms with Crippen LogP contribution in [0.3, 0.4) is 0 Å². The van der Waals surface area contributed by atoms with E-state index in [1.165, 1.54) is 44.5 Å². The van der Waals surface area contributed by atoms with Gasteiger partial charge in [0, 0.05) is 29.9 Å². The number of halogens is 1. The van der Waals surface area contributed by atoms with Gasteiger partial charge in [-0.3, -0.25) is 14.4 Å². The van der Waals surface area contributed by atoms with Gasteiger partial charge in [0.25, 0.3) is 5.91 Å². The topological polar surface area (TPSA) is 115 Å². The Morgan fingerprint density at radius 2 is 1.91 bits per heavy atom. The van der Waals surface area contributed by atoms with Crippen LogP contribution in [0.5, 0.6) is 0 Å². The minimum atomic E-state index is -0.488. The maximum absolute atomic E-state index is 13.0. The lowest BCUT2D eigenvalue weighted by Crippen LogP contribution is -2.33. The Morgan fingerprint density at radius 1 is 1.22 bits per heavy atom. The van der Waals surface area contributed by atoms with Gasteiger partial charge in [0.1, 0.15) is 12.9 Å². The van der Waals surface area contributed by atoms with E-state index in [0.717, 1.165) is 11.1 Å². The number of ketones is 1. The van der Waals surface area contributed by atoms with Crippen molar-refractivity contribution in [2.75, 3.05) is 14.2 Å². The van der Waals surface area contributed by atoms with Crippen molar-refractivity contribution in [3.8, 4) is 0 Å². The normalized spacial score (nSPS) is 12.9. The molecule has 0 aliphatic rings. The minimum Gasteiger partial charge on any atom is -0.401 e. The van der Waals surface area contributed by atoms with Crippen molar-refractivity contribution in [3.05, 3.63) is 82.3 Å². The molecule has 2 aromatic carbocycles. The number of allylic oxidation sites excluding steroid dienone is 1. The smallest absolute Gasteiger partial charge is 0.273 e. The monoisotopic (exact) mass is 442 g/mol. The molecule has 1 atom stereocenters. The number of carbonyl (C=O) groups excluding carboxylic acids is 2. The molecule has 0 aliphatic heterocycles. The molecule has 170 valence electrons. The number of hydrogen-bond donors (Lipinski definition) is 3. The zero-order chi connectivity index (χ0) is 23.7. The van der Waals surface area contributed by atoms with Crippen LogP contribution in [0.4, 0.5) is 4.39 Å². The highest BCUT2D eigenvalue weighted by Crippen LogP contribution is 2.17. The lowest BCUT2D eigenvalue weighted by molar-refractivity contribution is -0.114. The number of nitrogens with two attached hydrogens (primary N) is 1. The van der Waals surface area contributed by atoms with Gasteiger partial charge in [-0.2, -0.15) is 5.48 Å². The molecule has 0 aliphatic carbocycles. The first kappa shape index (κ1) is 24.7. The Morgan fingerprint density at radius 3 is 2.53 bits per heavy atom. The average molecular weight is 442 g/mol. The van der Waals surface area contributed by atoms with Gasteiger partial charge in [-0.15, -0.1) is 0 Å². The summed E-state index contributed by atoms with van der Waals surface area (Å²) in [5.41, 5.74) is 11.7. The van der Waals surface area contributed by atoms with Gasteiger partial charge in [0.15, 0.2) is 11.5 Å². The Kier molecular flexibility index (Phi) is 9.06. The first-order chi connectivity index (χ1) is 15.3. The molecule has 8 nitrogen and oxygen atoms in total. The van der Waals surface area contributed by atoms with Crippen LogP contribution in [0, 0.1) is 12.7 Å². The molecular formula is C23H27FN4O4. The Bertz CT molecular complexity index is 1020. The maximum atomic E-state index is 13.0. The lowest BCUT2D eigenvalue weighted by Gasteiger charge is -2.17. The average Bonchev–Trinajstić information content (AvgIpc) is 2.78. The molecule has 0 saturated heterocycles. The van der Waals surface area contributed by atoms with Crippen LogP contribution >= 0.6 is 0 Å². The third kappa shape index (κ3) is 6.47. The van der Waals surface area contributed by atoms with E-state index in [0.29, 0.717) is 11.1 Å². The number of aryl methyl sites for hydroxylation is 1. The standard InChI is InChI=1S/C23H27FN4O4/c1-14-6-5-7-18(22(28-31-4)23(30)26-3)19(14)13-32-27-15(2)20(25)12-21(29)16-8-10-17(24)11-9-16/h5-12,15,27H,13,25H2,1-4H3,(H,26,30)/b20-12-,28-22+. The van der Waals surface area contributed by atoms with Gasteiger partial charge in [0.2, 0.25) is 0 Å². The van der Waals surface area contributed by atoms with Gasteiger partial charge in [-0.1, -0.05) is 23.4 Å². The molecule has 0 bridgehead atoms. The summed E-state index contributed by atoms with van der Waals surface area (Å²) in [6, 6.07) is 10.2. The fourth-order valence-corrected chi connectivity index (χ4v) is 2.82. The predicted octanol–water partition coefficient (Wildman–Crippen LogP) is 2.37. The third-order valence-electron chi connectivity index (χ3n) is 4.69. The van der Waals surface area contributed by atoms with Gasteiger partial charge >= 0.3 is 0 Å². The SMILES string of the molecule is CNC(=O)/C(=N/OC)c1cccc(C)c1CONC(C)/C(N)=C/C(=O)c1ccc(F)cc1. The van der Waals surface area contributed by atoms with Crippen molar-refractivity contribution < 1.29 is 23.7 Å². The third-order valence-corrected chi connectivity index (χ3v) is 4.69. The van der Waals surface area contributed by atoms with Crippen LogP contribution in [0.25, 0.3) is 0 Å². The second kappa shape index (κ2) is 11.7. The molecule has 0 radical (unpaired) electrons. The van der Waals surface area contributed by atoms with Crippen LogP contribution in [0.1, 0.15) is 34.0 Å². The molecule has 0 heterocycles. The van der Waals surface area contributed by atoms with E-state index in [4.69, 9.17) is 15.4 Å². The quantitative estimate of drug-likeness (QED) is 0.225. The van der Waals surface area contributed by atoms with E-state index in [-0.39, 0.29) is 23.8 Å². The highest BCUT2D eigenvalue weighted by atomic mass is 19.1. The summed E-state index contributed by atoms with van der Waals surface area (Å²) in [4.78, 5) is 34.9. The van der Waals surface area contributed by atoms with Crippen molar-refractivity contribution in [1.82, 2.24) is 10.8 Å². The summed E-state index contributed by atoms with van der Waals surface area (Å²) in [5, 5.41) is 6.38. The molecule has 0 saturated carbocycles. The molecule has 9 heteroatoms. The van der Waals surface area contributed by atoms with Gasteiger partial charge < -0.3 is 15.9 Å². The molecule has 1 unspecified atom stereocenters. The van der Waals surface area contributed by atoms with Gasteiger partial charge in [-0.05, 0) is 49.2 Å². The number of oxime groups is 1. The minimum absolute atomic E-state index is 0.102. The second-order valence-electron chi connectivity index (χ2n) is 6.95. The summed E-state index contributed by atoms with van der Waals surface area (Å²) in [6.45, 7) is 3.71. The molecule has 0 spiro atoms. The van der Waals surface area contributed by atoms with Crippen LogP contribution in [-0.2, 0) is 21.1 Å². The number of likely N-dealkylation sites (N-methyl/N-ethyl adjacent to an activating group) is 1. The predicted molar refractivity (Wildman–Crippen MR) is 119 cm³/mol. The van der Waals surface area contributed by atoms with E-state index >= 15 is 0 Å². The number of amides is 1. The van der Waals surface area contributed by atoms with Crippen LogP contribution in [-0.4, -0.2) is 37.6 Å². The van der Waals surface area contributed by atoms with E-state index in [9.17, 15) is 14.0 Å². The van der Waals surface area contributed by atoms with Gasteiger partial charge in [-0.25, -0.2) is 4.39 Å². The molecule has 2 rings (SSSR count). The number of nitrogens with one attached hydrogen (secondary N) is 2. The highest BCUT2D eigenvalue weighted by Gasteiger charge is 2.19. The van der Waals surface area contributed by atoms with Crippen molar-refractivity contribution in [3.63, 3.8) is 0 Å². The first-order valence-electron chi connectivity index (χ1n) is 9.84. The fourth-order valence-electron chi connectivity index (χ4n) is 2.82. The number of carbonyl (C=O) groups is 2. The van der Waals surface area contributed by atoms with E-state index in [2.05, 4.69) is 16.0 Å². The summed E-state index contributed by atoms with van der Waals surface area (Å²) >= 11 is 0. The molecular weight excluding hydrogens is 415 g/mol. The molecule has 1 amide bonds. The van der Waals surface area contributed by atoms with E-state index in [1.54, 1.807) is 19.1 Å². The number of rotatable bonds is 10. The molecule has 32 heavy (non-hydrogen) atoms. The summed E-state index contributed by atoms with van der Waals surface area (Å²) in [6.07, 6.45) is 1.27. The first-order valence-corrected chi connectivity index (χ1v) is 9.84. The Labute approximate surface area is 186 Å². The number of nitrogens with zero attached hydrogens (tertiary/aromatic N) is 1. The largest absolute Gasteiger partial charge is 0.401 e. The molecule has 0 fully saturated rings.